The van der Waals surface area contributed by atoms with Crippen molar-refractivity contribution in [3.8, 4) is 44.5 Å². The second-order valence-electron chi connectivity index (χ2n) is 25.5. The average molecular weight is 977 g/mol. The Morgan fingerprint density at radius 1 is 0.114 bits per heavy atom. The van der Waals surface area contributed by atoms with Crippen LogP contribution in [0.4, 0.5) is 0 Å². The van der Waals surface area contributed by atoms with E-state index in [1.165, 1.54) is 251 Å². The molecule has 0 saturated carbocycles. The van der Waals surface area contributed by atoms with Crippen molar-refractivity contribution in [1.82, 2.24) is 0 Å². The van der Waals surface area contributed by atoms with Gasteiger partial charge in [0, 0.05) is 16.2 Å². The van der Waals surface area contributed by atoms with Crippen LogP contribution in [-0.2, 0) is 0 Å². The van der Waals surface area contributed by atoms with Crippen LogP contribution in [0.25, 0.3) is 98.8 Å². The SMILES string of the molecule is Bc1c(B)c(B)c(-c2c(B)c(B)c(-c3c(B)c(B)c(B)c(B)c3-c3c4c(B)c(B)c(B)c(B)c4c(-c4c(B)c(B)c5oc6c7c(B)c(B)c(B)c(B)c7c(B)c(B)c6c5c4B)c4c(B)c(B)c(B)c(B)c34)c(B)c2B)c(B)c1B. The summed E-state index contributed by atoms with van der Waals surface area (Å²) in [4.78, 5) is 0. The molecule has 31 heteroatoms. The van der Waals surface area contributed by atoms with Crippen molar-refractivity contribution in [2.24, 2.45) is 0 Å². The first-order valence-corrected chi connectivity index (χ1v) is 29.4. The molecule has 1 aromatic heterocycles. The van der Waals surface area contributed by atoms with Gasteiger partial charge in [0.2, 0.25) is 0 Å². The molecule has 0 aliphatic rings. The van der Waals surface area contributed by atoms with Crippen LogP contribution >= 0.6 is 0 Å². The van der Waals surface area contributed by atoms with E-state index in [1.807, 2.05) is 0 Å². The van der Waals surface area contributed by atoms with Gasteiger partial charge in [0.15, 0.2) is 0 Å². The Morgan fingerprint density at radius 2 is 0.291 bits per heavy atom. The topological polar surface area (TPSA) is 13.1 Å². The maximum Gasteiger partial charge on any atom is 0.143 e. The van der Waals surface area contributed by atoms with Crippen LogP contribution in [0.1, 0.15) is 0 Å². The van der Waals surface area contributed by atoms with Crippen LogP contribution in [0.3, 0.4) is 0 Å². The Hall–Kier alpha value is -4.49. The molecule has 348 valence electrons. The number of benzene rings is 9. The van der Waals surface area contributed by atoms with Crippen LogP contribution in [0, 0.1) is 0 Å². The summed E-state index contributed by atoms with van der Waals surface area (Å²) in [5.74, 6) is 0. The third kappa shape index (κ3) is 7.52. The van der Waals surface area contributed by atoms with Crippen molar-refractivity contribution < 1.29 is 4.42 Å². The standard InChI is InChI=1S/C48H60B30O/c49-17-9(32(64)46(78)48-15(17)16-33(65)28(60)13-14(47(16)79-48)34(66)44(76)41(73)31(13)63)2-6-3(18(50)35(67)38(70)21(6)53)1(4-7(2)22(54)39(71)36(68)19(4)51)5-8(23(55)40(72)37(69)20(5)52)10-24(56)26(58)11(27(59)25(10)57)12-29(61)42(74)45(77)43(75)30(12)62/h49-78H2. The van der Waals surface area contributed by atoms with Crippen LogP contribution in [0.2, 0.25) is 0 Å². The minimum atomic E-state index is 1.02. The predicted octanol–water partition coefficient (Wildman–Crippen LogP) is -38.5. The summed E-state index contributed by atoms with van der Waals surface area (Å²) in [6.07, 6.45) is 0. The van der Waals surface area contributed by atoms with Crippen molar-refractivity contribution in [3.05, 3.63) is 0 Å². The molecule has 0 N–H and O–H groups in total. The Morgan fingerprint density at radius 3 is 0.658 bits per heavy atom. The first-order chi connectivity index (χ1) is 36.8. The van der Waals surface area contributed by atoms with E-state index in [4.69, 9.17) is 4.42 Å². The Bertz CT molecular complexity index is 4460. The molecule has 1 nitrogen and oxygen atoms in total. The second kappa shape index (κ2) is 19.6. The van der Waals surface area contributed by atoms with Crippen LogP contribution in [0.5, 0.6) is 0 Å². The molecule has 9 aromatic carbocycles. The first kappa shape index (κ1) is 57.7. The molecular weight excluding hydrogens is 917 g/mol. The van der Waals surface area contributed by atoms with Crippen molar-refractivity contribution in [2.75, 3.05) is 0 Å². The van der Waals surface area contributed by atoms with Crippen molar-refractivity contribution in [3.63, 3.8) is 0 Å². The Balaban J connectivity index is 1.48. The van der Waals surface area contributed by atoms with E-state index in [9.17, 15) is 0 Å². The smallest absolute Gasteiger partial charge is 0.143 e. The van der Waals surface area contributed by atoms with Gasteiger partial charge in [-0.05, 0) is 71.4 Å². The number of furan rings is 1. The van der Waals surface area contributed by atoms with E-state index in [0.29, 0.717) is 0 Å². The Labute approximate surface area is 498 Å². The molecule has 79 heavy (non-hydrogen) atoms. The second-order valence-corrected chi connectivity index (χ2v) is 25.5. The zero-order valence-electron chi connectivity index (χ0n) is 54.4. The van der Waals surface area contributed by atoms with E-state index < -0.39 is 0 Å². The fraction of sp³-hybridized carbons (Fsp3) is 0. The monoisotopic (exact) mass is 983 g/mol. The Kier molecular flexibility index (Phi) is 14.3. The molecule has 0 fully saturated rings. The molecule has 0 unspecified atom stereocenters. The van der Waals surface area contributed by atoms with Gasteiger partial charge in [-0.1, -0.05) is 104 Å². The fourth-order valence-corrected chi connectivity index (χ4v) is 15.7. The summed E-state index contributed by atoms with van der Waals surface area (Å²) < 4.78 is 7.42. The van der Waals surface area contributed by atoms with E-state index in [-0.39, 0.29) is 0 Å². The average Bonchev–Trinajstić information content (AvgIpc) is 3.96. The summed E-state index contributed by atoms with van der Waals surface area (Å²) in [5, 5.41) is 10.7. The summed E-state index contributed by atoms with van der Waals surface area (Å²) >= 11 is 0. The highest BCUT2D eigenvalue weighted by Gasteiger charge is 2.33. The largest absolute Gasteiger partial charge is 0.456 e. The molecule has 0 saturated heterocycles. The van der Waals surface area contributed by atoms with Gasteiger partial charge in [0.1, 0.15) is 247 Å². The van der Waals surface area contributed by atoms with Gasteiger partial charge in [0.25, 0.3) is 0 Å². The summed E-state index contributed by atoms with van der Waals surface area (Å²) in [7, 11) is 71.3. The minimum Gasteiger partial charge on any atom is -0.456 e. The molecule has 0 atom stereocenters. The maximum absolute atomic E-state index is 7.42. The number of rotatable bonds is 4. The molecule has 0 spiro atoms. The summed E-state index contributed by atoms with van der Waals surface area (Å²) in [6.45, 7) is 0. The molecule has 1 heterocycles. The van der Waals surface area contributed by atoms with E-state index >= 15 is 0 Å². The zero-order valence-corrected chi connectivity index (χ0v) is 54.4. The van der Waals surface area contributed by atoms with Crippen LogP contribution in [0.15, 0.2) is 4.42 Å². The van der Waals surface area contributed by atoms with Gasteiger partial charge in [-0.2, -0.15) is 0 Å². The van der Waals surface area contributed by atoms with Crippen molar-refractivity contribution in [2.45, 2.75) is 0 Å². The molecular formula is C48H60B30O. The lowest BCUT2D eigenvalue weighted by atomic mass is 9.54. The van der Waals surface area contributed by atoms with Gasteiger partial charge in [-0.15, -0.1) is 60.1 Å². The van der Waals surface area contributed by atoms with E-state index in [0.717, 1.165) is 11.2 Å². The fourth-order valence-electron chi connectivity index (χ4n) is 15.7. The van der Waals surface area contributed by atoms with Crippen molar-refractivity contribution >= 4 is 454 Å². The van der Waals surface area contributed by atoms with Crippen LogP contribution in [-0.4, -0.2) is 235 Å². The summed E-state index contributed by atoms with van der Waals surface area (Å²) in [6, 6.07) is 0. The van der Waals surface area contributed by atoms with Gasteiger partial charge in [-0.25, -0.2) is 0 Å². The highest BCUT2D eigenvalue weighted by molar-refractivity contribution is 6.77. The van der Waals surface area contributed by atoms with E-state index in [2.05, 4.69) is 235 Å². The minimum absolute atomic E-state index is 1.02. The van der Waals surface area contributed by atoms with E-state index in [1.54, 1.807) is 0 Å². The normalized spacial score (nSPS) is 11.8. The quantitative estimate of drug-likeness (QED) is 0.127. The van der Waals surface area contributed by atoms with Crippen LogP contribution < -0.4 is 164 Å². The number of hydrogen-bond acceptors (Lipinski definition) is 1. The molecule has 10 rings (SSSR count). The zero-order chi connectivity index (χ0) is 58.4. The van der Waals surface area contributed by atoms with Gasteiger partial charge < -0.3 is 4.42 Å². The lowest BCUT2D eigenvalue weighted by Crippen LogP contribution is -2.57. The lowest BCUT2D eigenvalue weighted by molar-refractivity contribution is 0.676. The van der Waals surface area contributed by atoms with Crippen molar-refractivity contribution in [1.29, 1.82) is 0 Å². The number of hydrogen-bond donors (Lipinski definition) is 0. The highest BCUT2D eigenvalue weighted by Crippen LogP contribution is 2.42. The molecule has 10 aromatic rings. The van der Waals surface area contributed by atoms with Gasteiger partial charge in [-0.3, -0.25) is 0 Å². The van der Waals surface area contributed by atoms with Gasteiger partial charge in [0.05, 0.1) is 0 Å². The number of fused-ring (bicyclic) bond motifs is 7. The first-order valence-electron chi connectivity index (χ1n) is 29.4. The highest BCUT2D eigenvalue weighted by atomic mass is 16.3. The molecule has 0 aliphatic heterocycles. The van der Waals surface area contributed by atoms with Gasteiger partial charge >= 0.3 is 0 Å². The molecule has 0 radical (unpaired) electrons. The lowest BCUT2D eigenvalue weighted by Gasteiger charge is -2.33. The molecule has 0 bridgehead atoms. The third-order valence-electron chi connectivity index (χ3n) is 22.9. The molecule has 0 aliphatic carbocycles. The predicted molar refractivity (Wildman–Crippen MR) is 453 cm³/mol. The third-order valence-corrected chi connectivity index (χ3v) is 22.9. The summed E-state index contributed by atoms with van der Waals surface area (Å²) in [5.41, 5.74) is 54.1. The maximum atomic E-state index is 7.42. The molecule has 0 amide bonds.